The lowest BCUT2D eigenvalue weighted by Crippen LogP contribution is -2.33. The zero-order chi connectivity index (χ0) is 13.4. The molecule has 2 heterocycles. The van der Waals surface area contributed by atoms with Gasteiger partial charge in [-0.2, -0.15) is 0 Å². The van der Waals surface area contributed by atoms with Crippen molar-refractivity contribution in [3.63, 3.8) is 0 Å². The van der Waals surface area contributed by atoms with Crippen molar-refractivity contribution in [2.75, 3.05) is 18.0 Å². The molecule has 2 aliphatic rings. The highest BCUT2D eigenvalue weighted by atomic mass is 15.1. The number of nitrogens with one attached hydrogen (secondary N) is 1. The second-order valence-corrected chi connectivity index (χ2v) is 5.78. The molecule has 2 aromatic rings. The van der Waals surface area contributed by atoms with Gasteiger partial charge in [-0.05, 0) is 47.7 Å². The molecule has 0 aliphatic carbocycles. The minimum absolute atomic E-state index is 1.02. The predicted molar refractivity (Wildman–Crippen MR) is 83.0 cm³/mol. The van der Waals surface area contributed by atoms with Crippen molar-refractivity contribution >= 4 is 5.69 Å². The zero-order valence-corrected chi connectivity index (χ0v) is 11.7. The summed E-state index contributed by atoms with van der Waals surface area (Å²) in [6.45, 7) is 4.31. The quantitative estimate of drug-likeness (QED) is 0.852. The second kappa shape index (κ2) is 4.95. The lowest BCUT2D eigenvalue weighted by atomic mass is 9.95. The Balaban J connectivity index is 1.70. The van der Waals surface area contributed by atoms with Crippen LogP contribution in [0.1, 0.15) is 22.3 Å². The van der Waals surface area contributed by atoms with Gasteiger partial charge in [0.1, 0.15) is 0 Å². The molecule has 0 saturated carbocycles. The maximum Gasteiger partial charge on any atom is 0.0432 e. The van der Waals surface area contributed by atoms with Crippen LogP contribution in [0.2, 0.25) is 0 Å². The topological polar surface area (TPSA) is 15.3 Å². The summed E-state index contributed by atoms with van der Waals surface area (Å²) in [4.78, 5) is 2.55. The van der Waals surface area contributed by atoms with E-state index < -0.39 is 0 Å². The van der Waals surface area contributed by atoms with E-state index in [0.717, 1.165) is 39.0 Å². The molecule has 1 N–H and O–H groups in total. The summed E-state index contributed by atoms with van der Waals surface area (Å²) in [5.41, 5.74) is 7.48. The van der Waals surface area contributed by atoms with E-state index in [9.17, 15) is 0 Å². The molecule has 0 fully saturated rings. The van der Waals surface area contributed by atoms with Crippen molar-refractivity contribution < 1.29 is 0 Å². The van der Waals surface area contributed by atoms with Gasteiger partial charge in [-0.1, -0.05) is 36.4 Å². The number of nitrogens with zero attached hydrogens (tertiary/aromatic N) is 1. The molecule has 2 nitrogen and oxygen atoms in total. The van der Waals surface area contributed by atoms with Crippen LogP contribution in [0.5, 0.6) is 0 Å². The highest BCUT2D eigenvalue weighted by Gasteiger charge is 2.20. The van der Waals surface area contributed by atoms with Crippen molar-refractivity contribution in [2.24, 2.45) is 0 Å². The first-order chi connectivity index (χ1) is 9.92. The smallest absolute Gasteiger partial charge is 0.0432 e. The van der Waals surface area contributed by atoms with E-state index in [1.165, 1.54) is 27.9 Å². The molecule has 2 heteroatoms. The summed E-state index contributed by atoms with van der Waals surface area (Å²) in [6.07, 6.45) is 2.32. The first kappa shape index (κ1) is 12.0. The Bertz CT molecular complexity index is 633. The van der Waals surface area contributed by atoms with Gasteiger partial charge in [-0.3, -0.25) is 0 Å². The summed E-state index contributed by atoms with van der Waals surface area (Å²) in [5, 5.41) is 3.51. The average molecular weight is 264 g/mol. The van der Waals surface area contributed by atoms with Gasteiger partial charge in [0.15, 0.2) is 0 Å². The van der Waals surface area contributed by atoms with Crippen LogP contribution in [0.25, 0.3) is 0 Å². The molecule has 0 bridgehead atoms. The highest BCUT2D eigenvalue weighted by Crippen LogP contribution is 2.30. The predicted octanol–water partition coefficient (Wildman–Crippen LogP) is 2.90. The summed E-state index contributed by atoms with van der Waals surface area (Å²) in [7, 11) is 0. The van der Waals surface area contributed by atoms with Crippen LogP contribution < -0.4 is 10.2 Å². The third kappa shape index (κ3) is 2.01. The van der Waals surface area contributed by atoms with E-state index in [2.05, 4.69) is 52.7 Å². The molecule has 4 rings (SSSR count). The van der Waals surface area contributed by atoms with Gasteiger partial charge in [-0.25, -0.2) is 0 Å². The molecule has 0 saturated heterocycles. The van der Waals surface area contributed by atoms with Crippen LogP contribution in [-0.2, 0) is 25.9 Å². The van der Waals surface area contributed by atoms with Crippen LogP contribution in [0.4, 0.5) is 5.69 Å². The monoisotopic (exact) mass is 264 g/mol. The van der Waals surface area contributed by atoms with Crippen LogP contribution in [0.3, 0.4) is 0 Å². The Morgan fingerprint density at radius 1 is 0.850 bits per heavy atom. The minimum atomic E-state index is 1.02. The molecule has 0 amide bonds. The molecule has 0 radical (unpaired) electrons. The Hall–Kier alpha value is -1.80. The first-order valence-corrected chi connectivity index (χ1v) is 7.55. The van der Waals surface area contributed by atoms with Crippen LogP contribution in [0.15, 0.2) is 42.5 Å². The highest BCUT2D eigenvalue weighted by molar-refractivity contribution is 5.59. The van der Waals surface area contributed by atoms with Gasteiger partial charge in [0.2, 0.25) is 0 Å². The molecule has 0 spiro atoms. The van der Waals surface area contributed by atoms with Crippen molar-refractivity contribution in [1.29, 1.82) is 0 Å². The van der Waals surface area contributed by atoms with E-state index >= 15 is 0 Å². The second-order valence-electron chi connectivity index (χ2n) is 5.78. The molecular formula is C18H20N2. The summed E-state index contributed by atoms with van der Waals surface area (Å²) in [5.74, 6) is 0. The molecule has 2 aliphatic heterocycles. The summed E-state index contributed by atoms with van der Waals surface area (Å²) in [6, 6.07) is 15.7. The minimum Gasteiger partial charge on any atom is -0.367 e. The molecular weight excluding hydrogens is 244 g/mol. The van der Waals surface area contributed by atoms with E-state index in [4.69, 9.17) is 0 Å². The largest absolute Gasteiger partial charge is 0.367 e. The summed E-state index contributed by atoms with van der Waals surface area (Å²) >= 11 is 0. The molecule has 2 aromatic carbocycles. The standard InChI is InChI=1S/C18H20N2/c1-2-5-16-13-20(11-9-14(16)4-1)18-7-3-6-15-8-10-19-12-17(15)18/h1-7,19H,8-13H2. The number of hydrogen-bond acceptors (Lipinski definition) is 2. The number of anilines is 1. The average Bonchev–Trinajstić information content (AvgIpc) is 2.54. The first-order valence-electron chi connectivity index (χ1n) is 7.55. The van der Waals surface area contributed by atoms with Crippen molar-refractivity contribution in [1.82, 2.24) is 5.32 Å². The van der Waals surface area contributed by atoms with E-state index in [-0.39, 0.29) is 0 Å². The molecule has 20 heavy (non-hydrogen) atoms. The lowest BCUT2D eigenvalue weighted by molar-refractivity contribution is 0.635. The number of fused-ring (bicyclic) bond motifs is 2. The van der Waals surface area contributed by atoms with Gasteiger partial charge >= 0.3 is 0 Å². The molecule has 0 aromatic heterocycles. The maximum absolute atomic E-state index is 3.51. The normalized spacial score (nSPS) is 17.5. The van der Waals surface area contributed by atoms with Gasteiger partial charge in [0, 0.05) is 25.3 Å². The third-order valence-electron chi connectivity index (χ3n) is 4.59. The van der Waals surface area contributed by atoms with Crippen LogP contribution in [-0.4, -0.2) is 13.1 Å². The van der Waals surface area contributed by atoms with Crippen LogP contribution in [0, 0.1) is 0 Å². The molecule has 0 atom stereocenters. The van der Waals surface area contributed by atoms with Crippen LogP contribution >= 0.6 is 0 Å². The number of benzene rings is 2. The van der Waals surface area contributed by atoms with Gasteiger partial charge < -0.3 is 10.2 Å². The zero-order valence-electron chi connectivity index (χ0n) is 11.7. The Morgan fingerprint density at radius 2 is 1.70 bits per heavy atom. The fourth-order valence-corrected chi connectivity index (χ4v) is 3.49. The maximum atomic E-state index is 3.51. The Morgan fingerprint density at radius 3 is 2.65 bits per heavy atom. The summed E-state index contributed by atoms with van der Waals surface area (Å²) < 4.78 is 0. The van der Waals surface area contributed by atoms with E-state index in [1.807, 2.05) is 0 Å². The fraction of sp³-hybridized carbons (Fsp3) is 0.333. The van der Waals surface area contributed by atoms with Gasteiger partial charge in [0.05, 0.1) is 0 Å². The van der Waals surface area contributed by atoms with E-state index in [0.29, 0.717) is 0 Å². The number of rotatable bonds is 1. The Kier molecular flexibility index (Phi) is 2.96. The Labute approximate surface area is 120 Å². The molecule has 102 valence electrons. The van der Waals surface area contributed by atoms with Gasteiger partial charge in [0.25, 0.3) is 0 Å². The van der Waals surface area contributed by atoms with Crippen molar-refractivity contribution in [3.8, 4) is 0 Å². The third-order valence-corrected chi connectivity index (χ3v) is 4.59. The lowest BCUT2D eigenvalue weighted by Gasteiger charge is -2.34. The van der Waals surface area contributed by atoms with Gasteiger partial charge in [-0.15, -0.1) is 0 Å². The number of hydrogen-bond donors (Lipinski definition) is 1. The SMILES string of the molecule is c1ccc2c(c1)CCN(c1cccc3c1CNCC3)C2. The van der Waals surface area contributed by atoms with Crippen molar-refractivity contribution in [2.45, 2.75) is 25.9 Å². The fourth-order valence-electron chi connectivity index (χ4n) is 3.49. The molecule has 0 unspecified atom stereocenters. The van der Waals surface area contributed by atoms with E-state index in [1.54, 1.807) is 0 Å². The van der Waals surface area contributed by atoms with Crippen molar-refractivity contribution in [3.05, 3.63) is 64.7 Å².